The number of nitrogens with zero attached hydrogens (tertiary/aromatic N) is 1. The summed E-state index contributed by atoms with van der Waals surface area (Å²) < 4.78 is 13.9. The molecule has 1 aliphatic rings. The van der Waals surface area contributed by atoms with Crippen LogP contribution in [0.5, 0.6) is 0 Å². The maximum absolute atomic E-state index is 13.9. The van der Waals surface area contributed by atoms with Gasteiger partial charge in [-0.25, -0.2) is 4.39 Å². The highest BCUT2D eigenvalue weighted by atomic mass is 32.2. The number of hydrogen-bond acceptors (Lipinski definition) is 2. The van der Waals surface area contributed by atoms with Crippen molar-refractivity contribution in [3.63, 3.8) is 0 Å². The van der Waals surface area contributed by atoms with Gasteiger partial charge in [0, 0.05) is 34.5 Å². The van der Waals surface area contributed by atoms with Crippen molar-refractivity contribution in [2.75, 3.05) is 12.3 Å². The molecular formula is C17H18FNOS. The molecule has 0 radical (unpaired) electrons. The fourth-order valence-electron chi connectivity index (χ4n) is 2.82. The Labute approximate surface area is 128 Å². The smallest absolute Gasteiger partial charge is 0.254 e. The molecule has 2 atom stereocenters. The average molecular weight is 303 g/mol. The van der Waals surface area contributed by atoms with Crippen molar-refractivity contribution in [1.82, 2.24) is 4.90 Å². The molecule has 0 saturated carbocycles. The van der Waals surface area contributed by atoms with Gasteiger partial charge in [0.25, 0.3) is 5.91 Å². The summed E-state index contributed by atoms with van der Waals surface area (Å²) in [5.41, 5.74) is 0.595. The zero-order valence-electron chi connectivity index (χ0n) is 12.2. The van der Waals surface area contributed by atoms with Crippen LogP contribution in [0.4, 0.5) is 4.39 Å². The van der Waals surface area contributed by atoms with E-state index in [4.69, 9.17) is 0 Å². The van der Waals surface area contributed by atoms with Crippen molar-refractivity contribution in [1.29, 1.82) is 0 Å². The Morgan fingerprint density at radius 2 is 1.90 bits per heavy atom. The van der Waals surface area contributed by atoms with Crippen LogP contribution in [0.3, 0.4) is 0 Å². The molecule has 0 aromatic heterocycles. The Hall–Kier alpha value is -1.55. The Kier molecular flexibility index (Phi) is 3.89. The van der Waals surface area contributed by atoms with Crippen LogP contribution in [0.2, 0.25) is 0 Å². The van der Waals surface area contributed by atoms with E-state index in [-0.39, 0.29) is 17.8 Å². The van der Waals surface area contributed by atoms with E-state index in [2.05, 4.69) is 13.8 Å². The van der Waals surface area contributed by atoms with Crippen LogP contribution in [0.25, 0.3) is 10.8 Å². The average Bonchev–Trinajstić information content (AvgIpc) is 2.50. The number of halogens is 1. The van der Waals surface area contributed by atoms with E-state index < -0.39 is 0 Å². The van der Waals surface area contributed by atoms with Crippen LogP contribution in [0, 0.1) is 5.82 Å². The van der Waals surface area contributed by atoms with Gasteiger partial charge in [-0.15, -0.1) is 0 Å². The fraction of sp³-hybridized carbons (Fsp3) is 0.353. The second kappa shape index (κ2) is 5.68. The Morgan fingerprint density at radius 3 is 2.67 bits per heavy atom. The first kappa shape index (κ1) is 14.4. The quantitative estimate of drug-likeness (QED) is 0.795. The van der Waals surface area contributed by atoms with Gasteiger partial charge < -0.3 is 4.90 Å². The molecule has 3 rings (SSSR count). The van der Waals surface area contributed by atoms with Gasteiger partial charge in [0.1, 0.15) is 5.82 Å². The van der Waals surface area contributed by atoms with E-state index >= 15 is 0 Å². The molecule has 0 aliphatic carbocycles. The van der Waals surface area contributed by atoms with E-state index in [1.54, 1.807) is 18.2 Å². The maximum atomic E-state index is 13.9. The zero-order valence-corrected chi connectivity index (χ0v) is 13.0. The Balaban J connectivity index is 2.04. The van der Waals surface area contributed by atoms with Crippen molar-refractivity contribution in [2.24, 2.45) is 0 Å². The van der Waals surface area contributed by atoms with Gasteiger partial charge in [-0.05, 0) is 24.4 Å². The summed E-state index contributed by atoms with van der Waals surface area (Å²) in [7, 11) is 0. The molecule has 0 bridgehead atoms. The first-order chi connectivity index (χ1) is 10.1. The predicted octanol–water partition coefficient (Wildman–Crippen LogP) is 3.94. The highest BCUT2D eigenvalue weighted by Gasteiger charge is 2.30. The number of amides is 1. The molecule has 0 spiro atoms. The third-order valence-electron chi connectivity index (χ3n) is 4.25. The molecule has 1 saturated heterocycles. The standard InChI is InChI=1S/C17H18FNOS/c1-11-12(2)21-10-9-19(11)17(20)15-7-8-16(18)14-6-4-3-5-13(14)15/h3-8,11-12H,9-10H2,1-2H3. The molecule has 2 unspecified atom stereocenters. The van der Waals surface area contributed by atoms with Crippen molar-refractivity contribution >= 4 is 28.4 Å². The summed E-state index contributed by atoms with van der Waals surface area (Å²) in [6.07, 6.45) is 0. The molecule has 21 heavy (non-hydrogen) atoms. The highest BCUT2D eigenvalue weighted by Crippen LogP contribution is 2.28. The number of carbonyl (C=O) groups excluding carboxylic acids is 1. The number of fused-ring (bicyclic) bond motifs is 1. The van der Waals surface area contributed by atoms with Gasteiger partial charge >= 0.3 is 0 Å². The van der Waals surface area contributed by atoms with Crippen molar-refractivity contribution in [3.8, 4) is 0 Å². The van der Waals surface area contributed by atoms with E-state index in [1.807, 2.05) is 28.8 Å². The summed E-state index contributed by atoms with van der Waals surface area (Å²) >= 11 is 1.89. The van der Waals surface area contributed by atoms with E-state index in [1.165, 1.54) is 6.07 Å². The van der Waals surface area contributed by atoms with Crippen LogP contribution in [0.15, 0.2) is 36.4 Å². The first-order valence-corrected chi connectivity index (χ1v) is 8.24. The summed E-state index contributed by atoms with van der Waals surface area (Å²) in [4.78, 5) is 14.8. The van der Waals surface area contributed by atoms with Crippen LogP contribution in [-0.4, -0.2) is 34.4 Å². The molecule has 1 fully saturated rings. The molecule has 2 aromatic rings. The minimum atomic E-state index is -0.280. The number of carbonyl (C=O) groups is 1. The molecule has 2 nitrogen and oxygen atoms in total. The van der Waals surface area contributed by atoms with Crippen LogP contribution in [-0.2, 0) is 0 Å². The number of rotatable bonds is 1. The van der Waals surface area contributed by atoms with Gasteiger partial charge in [-0.1, -0.05) is 31.2 Å². The summed E-state index contributed by atoms with van der Waals surface area (Å²) in [6, 6.07) is 10.4. The van der Waals surface area contributed by atoms with E-state index in [0.717, 1.165) is 12.3 Å². The predicted molar refractivity (Wildman–Crippen MR) is 86.3 cm³/mol. The first-order valence-electron chi connectivity index (χ1n) is 7.19. The molecule has 4 heteroatoms. The fourth-order valence-corrected chi connectivity index (χ4v) is 3.92. The van der Waals surface area contributed by atoms with Gasteiger partial charge in [0.2, 0.25) is 0 Å². The third-order valence-corrected chi connectivity index (χ3v) is 5.58. The molecule has 1 heterocycles. The lowest BCUT2D eigenvalue weighted by Crippen LogP contribution is -2.48. The largest absolute Gasteiger partial charge is 0.334 e. The van der Waals surface area contributed by atoms with Crippen LogP contribution >= 0.6 is 11.8 Å². The van der Waals surface area contributed by atoms with Gasteiger partial charge in [0.15, 0.2) is 0 Å². The number of hydrogen-bond donors (Lipinski definition) is 0. The van der Waals surface area contributed by atoms with Gasteiger partial charge in [-0.3, -0.25) is 4.79 Å². The number of thioether (sulfide) groups is 1. The lowest BCUT2D eigenvalue weighted by molar-refractivity contribution is 0.0700. The zero-order chi connectivity index (χ0) is 15.0. The molecule has 110 valence electrons. The van der Waals surface area contributed by atoms with Crippen molar-refractivity contribution in [3.05, 3.63) is 47.8 Å². The summed E-state index contributed by atoms with van der Waals surface area (Å²) in [6.45, 7) is 4.98. The Bertz CT molecular complexity index is 688. The van der Waals surface area contributed by atoms with Crippen molar-refractivity contribution in [2.45, 2.75) is 25.1 Å². The minimum absolute atomic E-state index is 0.00542. The second-order valence-corrected chi connectivity index (χ2v) is 6.94. The topological polar surface area (TPSA) is 20.3 Å². The number of benzene rings is 2. The van der Waals surface area contributed by atoms with E-state index in [9.17, 15) is 9.18 Å². The summed E-state index contributed by atoms with van der Waals surface area (Å²) in [5, 5.41) is 1.63. The molecule has 1 aliphatic heterocycles. The monoisotopic (exact) mass is 303 g/mol. The normalized spacial score (nSPS) is 22.5. The lowest BCUT2D eigenvalue weighted by Gasteiger charge is -2.37. The second-order valence-electron chi connectivity index (χ2n) is 5.46. The molecule has 0 N–H and O–H groups in total. The summed E-state index contributed by atoms with van der Waals surface area (Å²) in [5.74, 6) is 0.680. The van der Waals surface area contributed by atoms with Crippen LogP contribution < -0.4 is 0 Å². The van der Waals surface area contributed by atoms with Crippen molar-refractivity contribution < 1.29 is 9.18 Å². The maximum Gasteiger partial charge on any atom is 0.254 e. The van der Waals surface area contributed by atoms with E-state index in [0.29, 0.717) is 21.6 Å². The van der Waals surface area contributed by atoms with Gasteiger partial charge in [-0.2, -0.15) is 11.8 Å². The molecule has 1 amide bonds. The van der Waals surface area contributed by atoms with Crippen LogP contribution in [0.1, 0.15) is 24.2 Å². The lowest BCUT2D eigenvalue weighted by atomic mass is 10.0. The SMILES string of the molecule is CC1SCCN(C(=O)c2ccc(F)c3ccccc23)C1C. The molecule has 2 aromatic carbocycles. The third kappa shape index (κ3) is 2.53. The minimum Gasteiger partial charge on any atom is -0.334 e. The Morgan fingerprint density at radius 1 is 1.19 bits per heavy atom. The van der Waals surface area contributed by atoms with Gasteiger partial charge in [0.05, 0.1) is 0 Å². The highest BCUT2D eigenvalue weighted by molar-refractivity contribution is 8.00. The molecular weight excluding hydrogens is 285 g/mol.